The van der Waals surface area contributed by atoms with E-state index in [4.69, 9.17) is 37.9 Å². The van der Waals surface area contributed by atoms with Gasteiger partial charge in [0.15, 0.2) is 17.8 Å². The number of aliphatic hydroxyl groups is 1. The second-order valence-corrected chi connectivity index (χ2v) is 15.9. The van der Waals surface area contributed by atoms with E-state index in [1.807, 2.05) is 6.92 Å². The highest BCUT2D eigenvalue weighted by molar-refractivity contribution is 5.94. The van der Waals surface area contributed by atoms with Crippen LogP contribution in [0.5, 0.6) is 0 Å². The number of esters is 7. The zero-order valence-corrected chi connectivity index (χ0v) is 34.5. The van der Waals surface area contributed by atoms with Crippen molar-refractivity contribution in [2.75, 3.05) is 7.11 Å². The molecule has 0 amide bonds. The number of carbonyl (C=O) groups is 7. The molecular weight excluding hydrogens is 772 g/mol. The molecule has 0 aromatic carbocycles. The van der Waals surface area contributed by atoms with Gasteiger partial charge in [0.1, 0.15) is 30.5 Å². The van der Waals surface area contributed by atoms with E-state index in [0.717, 1.165) is 26.5 Å². The lowest BCUT2D eigenvalue weighted by Crippen LogP contribution is -2.54. The molecule has 1 N–H and O–H groups in total. The lowest BCUT2D eigenvalue weighted by Gasteiger charge is -2.36. The summed E-state index contributed by atoms with van der Waals surface area (Å²) in [5.74, 6) is -8.48. The van der Waals surface area contributed by atoms with Gasteiger partial charge in [-0.15, -0.1) is 0 Å². The van der Waals surface area contributed by atoms with E-state index in [1.54, 1.807) is 39.0 Å². The maximum absolute atomic E-state index is 14.2. The highest BCUT2D eigenvalue weighted by Crippen LogP contribution is 2.51. The third kappa shape index (κ3) is 9.28. The predicted octanol–water partition coefficient (Wildman–Crippen LogP) is 3.69. The smallest absolute Gasteiger partial charge is 0.342 e. The minimum Gasteiger partial charge on any atom is -0.466 e. The maximum atomic E-state index is 14.2. The summed E-state index contributed by atoms with van der Waals surface area (Å²) < 4.78 is 45.4. The van der Waals surface area contributed by atoms with Crippen LogP contribution < -0.4 is 0 Å². The molecule has 3 saturated heterocycles. The largest absolute Gasteiger partial charge is 0.466 e. The molecule has 0 unspecified atom stereocenters. The van der Waals surface area contributed by atoms with E-state index in [9.17, 15) is 38.7 Å². The van der Waals surface area contributed by atoms with Crippen molar-refractivity contribution < 1.29 is 76.6 Å². The fourth-order valence-corrected chi connectivity index (χ4v) is 7.71. The van der Waals surface area contributed by atoms with E-state index in [-0.39, 0.29) is 40.7 Å². The number of rotatable bonds is 9. The maximum Gasteiger partial charge on any atom is 0.342 e. The van der Waals surface area contributed by atoms with Crippen LogP contribution in [0.4, 0.5) is 0 Å². The van der Waals surface area contributed by atoms with Crippen molar-refractivity contribution in [3.8, 4) is 0 Å². The fourth-order valence-electron chi connectivity index (χ4n) is 7.71. The van der Waals surface area contributed by atoms with Gasteiger partial charge in [0.25, 0.3) is 0 Å². The standard InChI is InChI=1S/C43H52O16/c1-11-21(3)36(45)55-29-19-26(15-12-14-20(2)18-28-30(29)22(4)37(46)56-28)39(48)53-24(6)43(9,51)41(50)58-33-31-23(5)38(47)57-34(31)35-42(8,59-35)17-13-16-27(40(49)52-10)32(33)54-25(7)44/h11,15-16,18,24,28-35,51H,4-5,12-14,17,19H2,1-3,6-10H3/b20-18-,21-11-,26-15+,27-16+/t24-,28-,29-,30+,31-,32+,33+,34+,35-,42-,43-/m1/s1. The summed E-state index contributed by atoms with van der Waals surface area (Å²) in [6.07, 6.45) is -1.24. The van der Waals surface area contributed by atoms with Crippen molar-refractivity contribution in [1.29, 1.82) is 0 Å². The summed E-state index contributed by atoms with van der Waals surface area (Å²) in [4.78, 5) is 92.8. The summed E-state index contributed by atoms with van der Waals surface area (Å²) >= 11 is 0. The quantitative estimate of drug-likeness (QED) is 0.115. The molecule has 320 valence electrons. The van der Waals surface area contributed by atoms with Gasteiger partial charge in [0.2, 0.25) is 0 Å². The molecule has 16 nitrogen and oxygen atoms in total. The molecule has 0 spiro atoms. The van der Waals surface area contributed by atoms with Gasteiger partial charge in [0.05, 0.1) is 30.1 Å². The zero-order valence-electron chi connectivity index (χ0n) is 34.5. The first-order valence-electron chi connectivity index (χ1n) is 19.4. The van der Waals surface area contributed by atoms with Crippen LogP contribution in [-0.4, -0.2) is 108 Å². The van der Waals surface area contributed by atoms with Crippen LogP contribution in [-0.2, 0) is 71.5 Å². The van der Waals surface area contributed by atoms with Crippen LogP contribution in [0.15, 0.2) is 70.9 Å². The van der Waals surface area contributed by atoms with E-state index in [2.05, 4.69) is 13.2 Å². The van der Waals surface area contributed by atoms with Crippen molar-refractivity contribution in [3.63, 3.8) is 0 Å². The molecule has 0 saturated carbocycles. The Balaban J connectivity index is 1.46. The fraction of sp³-hybridized carbons (Fsp3) is 0.558. The summed E-state index contributed by atoms with van der Waals surface area (Å²) in [6, 6.07) is 0. The highest BCUT2D eigenvalue weighted by Gasteiger charge is 2.65. The molecule has 11 atom stereocenters. The van der Waals surface area contributed by atoms with Crippen molar-refractivity contribution in [2.24, 2.45) is 11.8 Å². The Bertz CT molecular complexity index is 1950. The Labute approximate surface area is 342 Å². The average molecular weight is 825 g/mol. The lowest BCUT2D eigenvalue weighted by molar-refractivity contribution is -0.196. The Morgan fingerprint density at radius 3 is 2.29 bits per heavy atom. The topological polar surface area (TPSA) is 217 Å². The summed E-state index contributed by atoms with van der Waals surface area (Å²) in [5, 5.41) is 11.8. The van der Waals surface area contributed by atoms with Crippen molar-refractivity contribution in [2.45, 2.75) is 135 Å². The van der Waals surface area contributed by atoms with Gasteiger partial charge in [0, 0.05) is 35.6 Å². The molecule has 2 aliphatic carbocycles. The van der Waals surface area contributed by atoms with Crippen LogP contribution >= 0.6 is 0 Å². The monoisotopic (exact) mass is 824 g/mol. The number of fused-ring (bicyclic) bond motifs is 4. The third-order valence-corrected chi connectivity index (χ3v) is 11.6. The first-order valence-corrected chi connectivity index (χ1v) is 19.4. The SMILES string of the molecule is C=C1C(=O)O[C@H]2[C@H]1[C@H](OC(=O)[C@](C)(O)[C@@H](C)OC(=O)/C1=C/CC/C(C)=C\[C@H]3OC(=O)C(=C)[C@@H]3[C@H](OC(=O)/C(C)=C\C)C1)[C@@H](OC(C)=O)/C(C(=O)OC)=C\CC[C@@]1(C)O[C@H]21. The number of hydrogen-bond acceptors (Lipinski definition) is 16. The van der Waals surface area contributed by atoms with Crippen LogP contribution in [0, 0.1) is 11.8 Å². The summed E-state index contributed by atoms with van der Waals surface area (Å²) in [6.45, 7) is 17.9. The van der Waals surface area contributed by atoms with Crippen LogP contribution in [0.1, 0.15) is 80.6 Å². The molecule has 5 rings (SSSR count). The number of methoxy groups -OCH3 is 1. The number of hydrogen-bond donors (Lipinski definition) is 1. The van der Waals surface area contributed by atoms with Crippen molar-refractivity contribution in [3.05, 3.63) is 70.9 Å². The number of ether oxygens (including phenoxy) is 8. The number of carbonyl (C=O) groups excluding carboxylic acids is 7. The van der Waals surface area contributed by atoms with Gasteiger partial charge in [-0.25, -0.2) is 28.8 Å². The molecule has 0 radical (unpaired) electrons. The van der Waals surface area contributed by atoms with Gasteiger partial charge in [-0.1, -0.05) is 37.0 Å². The van der Waals surface area contributed by atoms with E-state index in [0.29, 0.717) is 19.3 Å². The average Bonchev–Trinajstić information content (AvgIpc) is 3.64. The van der Waals surface area contributed by atoms with Gasteiger partial charge in [-0.2, -0.15) is 0 Å². The van der Waals surface area contributed by atoms with Gasteiger partial charge >= 0.3 is 41.8 Å². The second-order valence-electron chi connectivity index (χ2n) is 15.9. The van der Waals surface area contributed by atoms with E-state index in [1.165, 1.54) is 13.0 Å². The second kappa shape index (κ2) is 17.5. The summed E-state index contributed by atoms with van der Waals surface area (Å²) in [5.41, 5.74) is -2.62. The molecule has 3 heterocycles. The molecule has 0 aromatic heterocycles. The number of epoxide rings is 1. The Kier molecular flexibility index (Phi) is 13.3. The first kappa shape index (κ1) is 44.7. The molecule has 3 fully saturated rings. The highest BCUT2D eigenvalue weighted by atomic mass is 16.7. The molecule has 0 aromatic rings. The van der Waals surface area contributed by atoms with E-state index < -0.39 is 108 Å². The van der Waals surface area contributed by atoms with Crippen LogP contribution in [0.2, 0.25) is 0 Å². The van der Waals surface area contributed by atoms with Crippen LogP contribution in [0.3, 0.4) is 0 Å². The zero-order chi connectivity index (χ0) is 43.7. The third-order valence-electron chi connectivity index (χ3n) is 11.6. The predicted molar refractivity (Wildman–Crippen MR) is 204 cm³/mol. The van der Waals surface area contributed by atoms with Gasteiger partial charge in [-0.3, -0.25) is 4.79 Å². The van der Waals surface area contributed by atoms with Crippen LogP contribution in [0.25, 0.3) is 0 Å². The van der Waals surface area contributed by atoms with E-state index >= 15 is 0 Å². The van der Waals surface area contributed by atoms with Crippen molar-refractivity contribution in [1.82, 2.24) is 0 Å². The molecule has 59 heavy (non-hydrogen) atoms. The Morgan fingerprint density at radius 1 is 0.983 bits per heavy atom. The Hall–Kier alpha value is -5.35. The first-order chi connectivity index (χ1) is 27.6. The van der Waals surface area contributed by atoms with Gasteiger partial charge < -0.3 is 43.0 Å². The minimum absolute atomic E-state index is 0.0147. The molecule has 5 aliphatic rings. The normalized spacial score (nSPS) is 35.0. The summed E-state index contributed by atoms with van der Waals surface area (Å²) in [7, 11) is 1.11. The van der Waals surface area contributed by atoms with Gasteiger partial charge in [-0.05, 0) is 73.3 Å². The molecule has 3 aliphatic heterocycles. The Morgan fingerprint density at radius 2 is 1.64 bits per heavy atom. The molecule has 16 heteroatoms. The molecule has 0 bridgehead atoms. The molecular formula is C43H52O16. The van der Waals surface area contributed by atoms with Crippen molar-refractivity contribution >= 4 is 41.8 Å². The lowest BCUT2D eigenvalue weighted by atomic mass is 9.80. The minimum atomic E-state index is -2.62. The number of allylic oxidation sites excluding steroid dienone is 4.